The third-order valence-electron chi connectivity index (χ3n) is 2.10. The molecule has 0 spiro atoms. The number of hydrogen-bond acceptors (Lipinski definition) is 5. The van der Waals surface area contributed by atoms with Crippen LogP contribution < -0.4 is 5.11 Å². The summed E-state index contributed by atoms with van der Waals surface area (Å²) in [5.41, 5.74) is 0. The molecule has 0 fully saturated rings. The second kappa shape index (κ2) is 6.33. The van der Waals surface area contributed by atoms with E-state index >= 15 is 0 Å². The summed E-state index contributed by atoms with van der Waals surface area (Å²) in [6, 6.07) is 0. The van der Waals surface area contributed by atoms with Gasteiger partial charge in [-0.25, -0.2) is 4.79 Å². The monoisotopic (exact) mass is 223 g/mol. The molecule has 0 saturated heterocycles. The van der Waals surface area contributed by atoms with E-state index in [0.29, 0.717) is 0 Å². The van der Waals surface area contributed by atoms with Crippen molar-refractivity contribution >= 4 is 11.9 Å². The normalized spacial score (nSPS) is 14.5. The molecule has 0 heterocycles. The average molecular weight is 223 g/mol. The van der Waals surface area contributed by atoms with Crippen LogP contribution in [0.4, 0.5) is 0 Å². The zero-order valence-electron chi connectivity index (χ0n) is 9.17. The molecule has 0 aliphatic carbocycles. The van der Waals surface area contributed by atoms with E-state index in [0.717, 1.165) is 0 Å². The summed E-state index contributed by atoms with van der Waals surface area (Å²) in [5.74, 6) is -4.01. The number of carboxylic acids is 2. The van der Waals surface area contributed by atoms with Gasteiger partial charge in [-0.15, -0.1) is 0 Å². The maximum Gasteiger partial charge on any atom is 0.351 e. The quantitative estimate of drug-likeness (QED) is 0.272. The highest BCUT2D eigenvalue weighted by Gasteiger charge is 2.26. The number of carbonyl (C=O) groups excluding carboxylic acids is 1. The zero-order valence-corrected chi connectivity index (χ0v) is 9.17. The first-order valence-corrected chi connectivity index (χ1v) is 4.17. The molecule has 7 heteroatoms. The summed E-state index contributed by atoms with van der Waals surface area (Å²) in [6.45, 7) is 3.32. The number of aliphatic hydroxyl groups excluding tert-OH is 2. The fourth-order valence-corrected chi connectivity index (χ4v) is 0.312. The Morgan fingerprint density at radius 1 is 1.13 bits per heavy atom. The molecule has 0 bridgehead atoms. The van der Waals surface area contributed by atoms with Crippen molar-refractivity contribution in [1.29, 1.82) is 0 Å². The van der Waals surface area contributed by atoms with Gasteiger partial charge in [-0.05, 0) is 0 Å². The molecule has 7 nitrogen and oxygen atoms in total. The third kappa shape index (κ3) is 6.83. The van der Waals surface area contributed by atoms with E-state index in [1.807, 2.05) is 0 Å². The van der Waals surface area contributed by atoms with Crippen LogP contribution >= 0.6 is 0 Å². The average Bonchev–Trinajstić information content (AvgIpc) is 2.04. The number of nitrogens with zero attached hydrogens (tertiary/aromatic N) is 1. The number of hydrogen-bond donors (Lipinski definition) is 3. The molecule has 90 valence electrons. The smallest absolute Gasteiger partial charge is 0.351 e. The molecule has 0 radical (unpaired) electrons. The lowest BCUT2D eigenvalue weighted by Gasteiger charge is -2.35. The van der Waals surface area contributed by atoms with Crippen LogP contribution in [0.1, 0.15) is 13.8 Å². The van der Waals surface area contributed by atoms with Crippen LogP contribution in [0.5, 0.6) is 0 Å². The van der Waals surface area contributed by atoms with E-state index < -0.39 is 24.4 Å². The van der Waals surface area contributed by atoms with Crippen molar-refractivity contribution in [2.24, 2.45) is 0 Å². The van der Waals surface area contributed by atoms with Gasteiger partial charge in [-0.1, -0.05) is 0 Å². The summed E-state index contributed by atoms with van der Waals surface area (Å²) in [6.07, 6.45) is -1.05. The predicted octanol–water partition coefficient (Wildman–Crippen LogP) is -2.44. The first-order chi connectivity index (χ1) is 6.53. The number of quaternary nitrogens is 1. The second-order valence-corrected chi connectivity index (χ2v) is 3.49. The molecule has 15 heavy (non-hydrogen) atoms. The van der Waals surface area contributed by atoms with E-state index in [1.165, 1.54) is 0 Å². The molecule has 0 amide bonds. The van der Waals surface area contributed by atoms with Crippen LogP contribution in [-0.2, 0) is 9.59 Å². The number of carboxylic acid groups (broad SMARTS) is 2. The Hall–Kier alpha value is -1.18. The Labute approximate surface area is 87.8 Å². The van der Waals surface area contributed by atoms with Crippen LogP contribution in [0.3, 0.4) is 0 Å². The maximum absolute atomic E-state index is 9.06. The van der Waals surface area contributed by atoms with Crippen molar-refractivity contribution in [3.63, 3.8) is 0 Å². The van der Waals surface area contributed by atoms with Crippen molar-refractivity contribution in [3.05, 3.63) is 0 Å². The third-order valence-corrected chi connectivity index (χ3v) is 2.10. The summed E-state index contributed by atoms with van der Waals surface area (Å²) >= 11 is 0. The Bertz CT molecular complexity index is 201. The molecule has 2 unspecified atom stereocenters. The van der Waals surface area contributed by atoms with Gasteiger partial charge in [0.25, 0.3) is 0 Å². The Kier molecular flexibility index (Phi) is 6.86. The minimum atomic E-state index is -2.07. The molecule has 0 aliphatic rings. The largest absolute Gasteiger partial charge is 0.539 e. The van der Waals surface area contributed by atoms with Gasteiger partial charge >= 0.3 is 5.97 Å². The van der Waals surface area contributed by atoms with Crippen LogP contribution in [-0.4, -0.2) is 58.3 Å². The Balaban J connectivity index is 0. The summed E-state index contributed by atoms with van der Waals surface area (Å²) in [5, 5.41) is 34.4. The van der Waals surface area contributed by atoms with Crippen LogP contribution in [0, 0.1) is 0 Å². The zero-order chi connectivity index (χ0) is 12.8. The molecule has 2 atom stereocenters. The van der Waals surface area contributed by atoms with Gasteiger partial charge in [-0.2, -0.15) is 0 Å². The van der Waals surface area contributed by atoms with E-state index in [9.17, 15) is 0 Å². The van der Waals surface area contributed by atoms with Crippen molar-refractivity contribution in [2.75, 3.05) is 14.1 Å². The van der Waals surface area contributed by atoms with Crippen LogP contribution in [0.15, 0.2) is 0 Å². The topological polar surface area (TPSA) is 118 Å². The molecular weight excluding hydrogens is 206 g/mol. The van der Waals surface area contributed by atoms with Gasteiger partial charge in [0, 0.05) is 13.8 Å². The highest BCUT2D eigenvalue weighted by molar-refractivity contribution is 6.26. The van der Waals surface area contributed by atoms with Gasteiger partial charge in [0.1, 0.15) is 0 Å². The molecule has 0 aliphatic heterocycles. The lowest BCUT2D eigenvalue weighted by molar-refractivity contribution is -0.974. The van der Waals surface area contributed by atoms with Gasteiger partial charge in [-0.3, -0.25) is 4.48 Å². The van der Waals surface area contributed by atoms with Gasteiger partial charge < -0.3 is 25.2 Å². The van der Waals surface area contributed by atoms with E-state index in [1.54, 1.807) is 27.9 Å². The lowest BCUT2D eigenvalue weighted by atomic mass is 10.4. The van der Waals surface area contributed by atoms with E-state index in [2.05, 4.69) is 0 Å². The van der Waals surface area contributed by atoms with Crippen LogP contribution in [0.2, 0.25) is 0 Å². The molecule has 0 aromatic carbocycles. The second-order valence-electron chi connectivity index (χ2n) is 3.49. The number of aliphatic hydroxyl groups is 2. The van der Waals surface area contributed by atoms with Crippen molar-refractivity contribution in [2.45, 2.75) is 26.3 Å². The molecule has 0 aromatic rings. The maximum atomic E-state index is 9.06. The molecule has 0 saturated carbocycles. The van der Waals surface area contributed by atoms with Crippen molar-refractivity contribution in [1.82, 2.24) is 0 Å². The van der Waals surface area contributed by atoms with Crippen molar-refractivity contribution in [3.8, 4) is 0 Å². The number of aliphatic carboxylic acids is 2. The van der Waals surface area contributed by atoms with Gasteiger partial charge in [0.2, 0.25) is 0 Å². The fourth-order valence-electron chi connectivity index (χ4n) is 0.312. The Morgan fingerprint density at radius 2 is 1.33 bits per heavy atom. The highest BCUT2D eigenvalue weighted by Crippen LogP contribution is 2.07. The fraction of sp³-hybridized carbons (Fsp3) is 0.750. The minimum absolute atomic E-state index is 0.222. The van der Waals surface area contributed by atoms with Gasteiger partial charge in [0.05, 0.1) is 14.1 Å². The lowest BCUT2D eigenvalue weighted by Crippen LogP contribution is -2.53. The Morgan fingerprint density at radius 3 is 1.33 bits per heavy atom. The first kappa shape index (κ1) is 16.3. The van der Waals surface area contributed by atoms with E-state index in [-0.39, 0.29) is 4.48 Å². The highest BCUT2D eigenvalue weighted by atomic mass is 16.4. The molecule has 0 aromatic heterocycles. The molecule has 3 N–H and O–H groups in total. The predicted molar refractivity (Wildman–Crippen MR) is 48.1 cm³/mol. The summed E-state index contributed by atoms with van der Waals surface area (Å²) < 4.78 is 0.222. The molecular formula is C8H17NO6. The summed E-state index contributed by atoms with van der Waals surface area (Å²) in [7, 11) is 3.55. The standard InChI is InChI=1S/C6H16NO2.C2H2O4/c1-5(8)7(3,4)6(2)9;3-1(4)2(5)6/h5-6,8-9H,1-4H3;(H,3,4)(H,5,6)/q+1;/p-1. The SMILES string of the molecule is CC(O)[N+](C)(C)C(C)O.O=C([O-])C(=O)O. The van der Waals surface area contributed by atoms with Crippen molar-refractivity contribution < 1.29 is 34.5 Å². The number of rotatable bonds is 2. The summed E-state index contributed by atoms with van der Waals surface area (Å²) in [4.78, 5) is 18.0. The number of carbonyl (C=O) groups is 2. The first-order valence-electron chi connectivity index (χ1n) is 4.17. The van der Waals surface area contributed by atoms with Gasteiger partial charge in [0.15, 0.2) is 18.4 Å². The minimum Gasteiger partial charge on any atom is -0.539 e. The molecule has 0 rings (SSSR count). The van der Waals surface area contributed by atoms with E-state index in [4.69, 9.17) is 30.0 Å². The van der Waals surface area contributed by atoms with Crippen LogP contribution in [0.25, 0.3) is 0 Å².